The SMILES string of the molecule is COc1ccc(NC(=O)/C(C#N)=C/c2cc(C)ccc2C)cc1Cl. The average molecular weight is 341 g/mol. The smallest absolute Gasteiger partial charge is 0.266 e. The molecule has 2 rings (SSSR count). The van der Waals surface area contributed by atoms with Gasteiger partial charge in [0.2, 0.25) is 0 Å². The van der Waals surface area contributed by atoms with Crippen molar-refractivity contribution in [3.05, 3.63) is 63.7 Å². The maximum absolute atomic E-state index is 12.3. The Morgan fingerprint density at radius 2 is 2.00 bits per heavy atom. The Bertz CT molecular complexity index is 851. The van der Waals surface area contributed by atoms with Crippen LogP contribution in [-0.4, -0.2) is 13.0 Å². The average Bonchev–Trinajstić information content (AvgIpc) is 2.55. The van der Waals surface area contributed by atoms with Crippen LogP contribution in [0.15, 0.2) is 42.0 Å². The van der Waals surface area contributed by atoms with Crippen LogP contribution in [0.2, 0.25) is 5.02 Å². The van der Waals surface area contributed by atoms with Gasteiger partial charge in [-0.3, -0.25) is 4.79 Å². The number of nitriles is 1. The van der Waals surface area contributed by atoms with Crippen LogP contribution in [0.1, 0.15) is 16.7 Å². The zero-order valence-corrected chi connectivity index (χ0v) is 14.4. The van der Waals surface area contributed by atoms with Crippen LogP contribution in [0.25, 0.3) is 6.08 Å². The Morgan fingerprint density at radius 1 is 1.25 bits per heavy atom. The van der Waals surface area contributed by atoms with Crippen LogP contribution in [0.5, 0.6) is 5.75 Å². The van der Waals surface area contributed by atoms with E-state index in [1.807, 2.05) is 38.1 Å². The van der Waals surface area contributed by atoms with E-state index in [0.29, 0.717) is 16.5 Å². The molecule has 1 N–H and O–H groups in total. The number of ether oxygens (including phenoxy) is 1. The molecule has 0 saturated heterocycles. The highest BCUT2D eigenvalue weighted by atomic mass is 35.5. The molecule has 0 bridgehead atoms. The van der Waals surface area contributed by atoms with Gasteiger partial charge < -0.3 is 10.1 Å². The second kappa shape index (κ2) is 7.67. The van der Waals surface area contributed by atoms with Gasteiger partial charge in [0, 0.05) is 5.69 Å². The molecule has 0 radical (unpaired) electrons. The van der Waals surface area contributed by atoms with Crippen LogP contribution in [-0.2, 0) is 4.79 Å². The van der Waals surface area contributed by atoms with E-state index in [4.69, 9.17) is 16.3 Å². The molecular weight excluding hydrogens is 324 g/mol. The molecule has 0 aliphatic heterocycles. The standard InChI is InChI=1S/C19H17ClN2O2/c1-12-4-5-13(2)14(8-12)9-15(11-21)19(23)22-16-6-7-18(24-3)17(20)10-16/h4-10H,1-3H3,(H,22,23)/b15-9+. The Morgan fingerprint density at radius 3 is 2.62 bits per heavy atom. The fraction of sp³-hybridized carbons (Fsp3) is 0.158. The first kappa shape index (κ1) is 17.6. The van der Waals surface area contributed by atoms with Crippen molar-refractivity contribution >= 4 is 29.3 Å². The van der Waals surface area contributed by atoms with Crippen LogP contribution in [0.3, 0.4) is 0 Å². The normalized spacial score (nSPS) is 10.9. The Balaban J connectivity index is 2.26. The summed E-state index contributed by atoms with van der Waals surface area (Å²) < 4.78 is 5.07. The topological polar surface area (TPSA) is 62.1 Å². The predicted octanol–water partition coefficient (Wildman–Crippen LogP) is 4.51. The Hall–Kier alpha value is -2.77. The minimum atomic E-state index is -0.486. The van der Waals surface area contributed by atoms with Gasteiger partial charge in [-0.05, 0) is 49.2 Å². The Kier molecular flexibility index (Phi) is 5.62. The summed E-state index contributed by atoms with van der Waals surface area (Å²) in [7, 11) is 1.51. The summed E-state index contributed by atoms with van der Waals surface area (Å²) in [4.78, 5) is 12.3. The van der Waals surface area contributed by atoms with Crippen molar-refractivity contribution in [3.8, 4) is 11.8 Å². The first-order chi connectivity index (χ1) is 11.4. The number of aryl methyl sites for hydroxylation is 2. The molecule has 1 amide bonds. The highest BCUT2D eigenvalue weighted by Gasteiger charge is 2.11. The lowest BCUT2D eigenvalue weighted by atomic mass is 10.0. The van der Waals surface area contributed by atoms with Crippen LogP contribution >= 0.6 is 11.6 Å². The highest BCUT2D eigenvalue weighted by molar-refractivity contribution is 6.32. The summed E-state index contributed by atoms with van der Waals surface area (Å²) in [5.74, 6) is 0.0285. The fourth-order valence-corrected chi connectivity index (χ4v) is 2.42. The van der Waals surface area contributed by atoms with Gasteiger partial charge in [0.15, 0.2) is 0 Å². The van der Waals surface area contributed by atoms with Crippen molar-refractivity contribution in [1.82, 2.24) is 0 Å². The van der Waals surface area contributed by atoms with Gasteiger partial charge >= 0.3 is 0 Å². The van der Waals surface area contributed by atoms with Crippen LogP contribution in [0, 0.1) is 25.2 Å². The van der Waals surface area contributed by atoms with E-state index in [2.05, 4.69) is 5.32 Å². The molecule has 0 aromatic heterocycles. The van der Waals surface area contributed by atoms with Gasteiger partial charge in [-0.15, -0.1) is 0 Å². The molecule has 0 atom stereocenters. The van der Waals surface area contributed by atoms with E-state index in [-0.39, 0.29) is 5.57 Å². The van der Waals surface area contributed by atoms with Crippen molar-refractivity contribution in [2.75, 3.05) is 12.4 Å². The lowest BCUT2D eigenvalue weighted by Crippen LogP contribution is -2.13. The summed E-state index contributed by atoms with van der Waals surface area (Å²) in [6.07, 6.45) is 1.59. The van der Waals surface area contributed by atoms with Gasteiger partial charge in [-0.2, -0.15) is 5.26 Å². The first-order valence-electron chi connectivity index (χ1n) is 7.28. The minimum Gasteiger partial charge on any atom is -0.495 e. The number of nitrogens with zero attached hydrogens (tertiary/aromatic N) is 1. The van der Waals surface area contributed by atoms with Crippen molar-refractivity contribution < 1.29 is 9.53 Å². The molecule has 2 aromatic carbocycles. The summed E-state index contributed by atoms with van der Waals surface area (Å²) in [5, 5.41) is 12.4. The zero-order valence-electron chi connectivity index (χ0n) is 13.7. The second-order valence-corrected chi connectivity index (χ2v) is 5.74. The zero-order chi connectivity index (χ0) is 17.7. The van der Waals surface area contributed by atoms with E-state index < -0.39 is 5.91 Å². The predicted molar refractivity (Wildman–Crippen MR) is 96.1 cm³/mol. The van der Waals surface area contributed by atoms with Gasteiger partial charge in [0.25, 0.3) is 5.91 Å². The number of carbonyl (C=O) groups excluding carboxylic acids is 1. The molecule has 0 unspecified atom stereocenters. The number of hydrogen-bond acceptors (Lipinski definition) is 3. The number of benzene rings is 2. The summed E-state index contributed by atoms with van der Waals surface area (Å²) in [5.41, 5.74) is 3.41. The number of rotatable bonds is 4. The molecule has 24 heavy (non-hydrogen) atoms. The fourth-order valence-electron chi connectivity index (χ4n) is 2.16. The quantitative estimate of drug-likeness (QED) is 0.658. The van der Waals surface area contributed by atoms with Crippen LogP contribution in [0.4, 0.5) is 5.69 Å². The van der Waals surface area contributed by atoms with E-state index in [0.717, 1.165) is 16.7 Å². The summed E-state index contributed by atoms with van der Waals surface area (Å²) in [6.45, 7) is 3.89. The highest BCUT2D eigenvalue weighted by Crippen LogP contribution is 2.27. The second-order valence-electron chi connectivity index (χ2n) is 5.33. The first-order valence-corrected chi connectivity index (χ1v) is 7.66. The van der Waals surface area contributed by atoms with Crippen molar-refractivity contribution in [2.45, 2.75) is 13.8 Å². The number of carbonyl (C=O) groups is 1. The monoisotopic (exact) mass is 340 g/mol. The lowest BCUT2D eigenvalue weighted by Gasteiger charge is -2.08. The molecule has 0 fully saturated rings. The Labute approximate surface area is 146 Å². The van der Waals surface area contributed by atoms with Crippen molar-refractivity contribution in [3.63, 3.8) is 0 Å². The number of nitrogens with one attached hydrogen (secondary N) is 1. The number of hydrogen-bond donors (Lipinski definition) is 1. The molecule has 0 heterocycles. The van der Waals surface area contributed by atoms with E-state index in [1.54, 1.807) is 24.3 Å². The molecule has 0 aliphatic carbocycles. The van der Waals surface area contributed by atoms with Crippen molar-refractivity contribution in [1.29, 1.82) is 5.26 Å². The largest absolute Gasteiger partial charge is 0.495 e. The maximum Gasteiger partial charge on any atom is 0.266 e. The number of anilines is 1. The lowest BCUT2D eigenvalue weighted by molar-refractivity contribution is -0.112. The van der Waals surface area contributed by atoms with E-state index >= 15 is 0 Å². The summed E-state index contributed by atoms with van der Waals surface area (Å²) in [6, 6.07) is 12.7. The summed E-state index contributed by atoms with van der Waals surface area (Å²) >= 11 is 6.04. The van der Waals surface area contributed by atoms with Gasteiger partial charge in [0.1, 0.15) is 17.4 Å². The van der Waals surface area contributed by atoms with Gasteiger partial charge in [-0.25, -0.2) is 0 Å². The molecule has 0 spiro atoms. The van der Waals surface area contributed by atoms with Gasteiger partial charge in [0.05, 0.1) is 12.1 Å². The molecule has 5 heteroatoms. The molecule has 2 aromatic rings. The van der Waals surface area contributed by atoms with Gasteiger partial charge in [-0.1, -0.05) is 35.4 Å². The maximum atomic E-state index is 12.3. The van der Waals surface area contributed by atoms with E-state index in [9.17, 15) is 10.1 Å². The van der Waals surface area contributed by atoms with E-state index in [1.165, 1.54) is 7.11 Å². The molecular formula is C19H17ClN2O2. The molecule has 0 saturated carbocycles. The molecule has 122 valence electrons. The minimum absolute atomic E-state index is 0.0237. The number of halogens is 1. The third-order valence-corrected chi connectivity index (χ3v) is 3.80. The third-order valence-electron chi connectivity index (χ3n) is 3.51. The molecule has 0 aliphatic rings. The van der Waals surface area contributed by atoms with Crippen molar-refractivity contribution in [2.24, 2.45) is 0 Å². The molecule has 4 nitrogen and oxygen atoms in total. The third kappa shape index (κ3) is 4.15. The number of amides is 1. The number of methoxy groups -OCH3 is 1. The van der Waals surface area contributed by atoms with Crippen LogP contribution < -0.4 is 10.1 Å².